The largest absolute Gasteiger partial charge is 0.494 e. The highest BCUT2D eigenvalue weighted by Gasteiger charge is 2.23. The Kier molecular flexibility index (Phi) is 8.64. The van der Waals surface area contributed by atoms with Gasteiger partial charge in [-0.2, -0.15) is 4.98 Å². The molecule has 0 atom stereocenters. The second-order valence-electron chi connectivity index (χ2n) is 10.5. The first-order chi connectivity index (χ1) is 19.9. The molecule has 1 aliphatic heterocycles. The molecule has 0 amide bonds. The molecule has 0 saturated carbocycles. The Balaban J connectivity index is 1.44. The Morgan fingerprint density at radius 3 is 2.49 bits per heavy atom. The summed E-state index contributed by atoms with van der Waals surface area (Å²) in [5.41, 5.74) is 7.91. The van der Waals surface area contributed by atoms with E-state index in [9.17, 15) is 0 Å². The van der Waals surface area contributed by atoms with Crippen molar-refractivity contribution in [1.82, 2.24) is 24.8 Å². The van der Waals surface area contributed by atoms with E-state index >= 15 is 0 Å². The molecular formula is C32H40N8O. The zero-order valence-corrected chi connectivity index (χ0v) is 24.7. The van der Waals surface area contributed by atoms with Crippen LogP contribution in [0.1, 0.15) is 43.4 Å². The molecule has 214 valence electrons. The second kappa shape index (κ2) is 12.5. The number of aromatic nitrogens is 4. The Morgan fingerprint density at radius 2 is 1.80 bits per heavy atom. The summed E-state index contributed by atoms with van der Waals surface area (Å²) in [6.45, 7) is 10.3. The standard InChI is InChI=1S/C32H40N8O/c1-7-21-18-27(29(41-6)19-28(21)40-16-12-23(13-17-40)39(4)5)37-32-35-20-22(8-2)31(38-32)36-25-10-11-26-30(24(25)9-3)34-15-14-33-26/h8,10-11,14-15,18-20,23H,2,7,9,12-13,16-17H2,1,3-6H3,(H2,35,36,37,38). The molecule has 5 rings (SSSR count). The summed E-state index contributed by atoms with van der Waals surface area (Å²) < 4.78 is 5.85. The minimum absolute atomic E-state index is 0.469. The summed E-state index contributed by atoms with van der Waals surface area (Å²) in [6.07, 6.45) is 11.0. The van der Waals surface area contributed by atoms with Gasteiger partial charge in [0.2, 0.25) is 5.95 Å². The number of fused-ring (bicyclic) bond motifs is 1. The summed E-state index contributed by atoms with van der Waals surface area (Å²) >= 11 is 0. The molecule has 3 heterocycles. The van der Waals surface area contributed by atoms with E-state index < -0.39 is 0 Å². The van der Waals surface area contributed by atoms with Crippen molar-refractivity contribution in [1.29, 1.82) is 0 Å². The van der Waals surface area contributed by atoms with Crippen LogP contribution in [-0.4, -0.2) is 65.2 Å². The van der Waals surface area contributed by atoms with Gasteiger partial charge in [-0.3, -0.25) is 9.97 Å². The number of piperidine rings is 1. The van der Waals surface area contributed by atoms with Crippen LogP contribution in [0, 0.1) is 0 Å². The number of hydrogen-bond acceptors (Lipinski definition) is 9. The molecule has 1 fully saturated rings. The molecule has 0 radical (unpaired) electrons. The van der Waals surface area contributed by atoms with Crippen LogP contribution >= 0.6 is 0 Å². The minimum atomic E-state index is 0.469. The van der Waals surface area contributed by atoms with Crippen molar-refractivity contribution >= 4 is 45.9 Å². The predicted molar refractivity (Wildman–Crippen MR) is 169 cm³/mol. The van der Waals surface area contributed by atoms with E-state index in [1.807, 2.05) is 12.1 Å². The average Bonchev–Trinajstić information content (AvgIpc) is 3.01. The zero-order valence-electron chi connectivity index (χ0n) is 24.7. The van der Waals surface area contributed by atoms with Crippen LogP contribution in [0.25, 0.3) is 17.1 Å². The third-order valence-corrected chi connectivity index (χ3v) is 7.95. The number of hydrogen-bond donors (Lipinski definition) is 2. The van der Waals surface area contributed by atoms with Gasteiger partial charge in [0.25, 0.3) is 0 Å². The molecule has 0 aliphatic carbocycles. The molecule has 2 aromatic carbocycles. The van der Waals surface area contributed by atoms with Crippen molar-refractivity contribution in [2.75, 3.05) is 49.8 Å². The normalized spacial score (nSPS) is 14.0. The van der Waals surface area contributed by atoms with Crippen LogP contribution in [0.5, 0.6) is 5.75 Å². The van der Waals surface area contributed by atoms with Gasteiger partial charge < -0.3 is 25.2 Å². The Labute approximate surface area is 242 Å². The molecule has 1 saturated heterocycles. The van der Waals surface area contributed by atoms with Crippen molar-refractivity contribution < 1.29 is 4.74 Å². The molecule has 41 heavy (non-hydrogen) atoms. The highest BCUT2D eigenvalue weighted by Crippen LogP contribution is 2.37. The second-order valence-corrected chi connectivity index (χ2v) is 10.5. The maximum absolute atomic E-state index is 5.85. The van der Waals surface area contributed by atoms with Crippen LogP contribution in [0.15, 0.2) is 49.4 Å². The third-order valence-electron chi connectivity index (χ3n) is 7.95. The average molecular weight is 553 g/mol. The molecule has 0 bridgehead atoms. The molecule has 4 aromatic rings. The Hall–Kier alpha value is -4.24. The van der Waals surface area contributed by atoms with Crippen molar-refractivity contribution in [3.05, 3.63) is 66.1 Å². The summed E-state index contributed by atoms with van der Waals surface area (Å²) in [6, 6.07) is 8.95. The van der Waals surface area contributed by atoms with Crippen molar-refractivity contribution in [3.8, 4) is 5.75 Å². The fourth-order valence-electron chi connectivity index (χ4n) is 5.60. The van der Waals surface area contributed by atoms with E-state index in [0.29, 0.717) is 17.8 Å². The number of nitrogens with zero attached hydrogens (tertiary/aromatic N) is 6. The van der Waals surface area contributed by atoms with Gasteiger partial charge >= 0.3 is 0 Å². The molecule has 9 nitrogen and oxygen atoms in total. The van der Waals surface area contributed by atoms with Gasteiger partial charge in [0.05, 0.1) is 23.8 Å². The number of rotatable bonds is 10. The summed E-state index contributed by atoms with van der Waals surface area (Å²) in [7, 11) is 6.05. The van der Waals surface area contributed by atoms with Gasteiger partial charge in [-0.05, 0) is 63.5 Å². The third kappa shape index (κ3) is 5.95. The van der Waals surface area contributed by atoms with E-state index in [2.05, 4.69) is 82.0 Å². The molecule has 9 heteroatoms. The molecule has 2 N–H and O–H groups in total. The minimum Gasteiger partial charge on any atom is -0.494 e. The van der Waals surface area contributed by atoms with Crippen LogP contribution < -0.4 is 20.3 Å². The summed E-state index contributed by atoms with van der Waals surface area (Å²) in [4.78, 5) is 23.3. The van der Waals surface area contributed by atoms with E-state index in [-0.39, 0.29) is 0 Å². The number of ether oxygens (including phenoxy) is 1. The maximum Gasteiger partial charge on any atom is 0.229 e. The molecular weight excluding hydrogens is 512 g/mol. The van der Waals surface area contributed by atoms with Gasteiger partial charge in [-0.1, -0.05) is 26.5 Å². The number of nitrogens with one attached hydrogen (secondary N) is 2. The van der Waals surface area contributed by atoms with E-state index in [0.717, 1.165) is 78.1 Å². The van der Waals surface area contributed by atoms with Crippen molar-refractivity contribution in [3.63, 3.8) is 0 Å². The lowest BCUT2D eigenvalue weighted by atomic mass is 10.0. The molecule has 0 unspecified atom stereocenters. The molecule has 1 aliphatic rings. The monoisotopic (exact) mass is 552 g/mol. The summed E-state index contributed by atoms with van der Waals surface area (Å²) in [5.74, 6) is 1.89. The van der Waals surface area contributed by atoms with E-state index in [4.69, 9.17) is 9.72 Å². The highest BCUT2D eigenvalue weighted by molar-refractivity contribution is 5.85. The van der Waals surface area contributed by atoms with Crippen LogP contribution in [0.2, 0.25) is 0 Å². The van der Waals surface area contributed by atoms with Crippen LogP contribution in [0.4, 0.5) is 28.8 Å². The fraction of sp³-hybridized carbons (Fsp3) is 0.375. The van der Waals surface area contributed by atoms with Gasteiger partial charge in [-0.15, -0.1) is 0 Å². The van der Waals surface area contributed by atoms with Crippen molar-refractivity contribution in [2.24, 2.45) is 0 Å². The van der Waals surface area contributed by atoms with Gasteiger partial charge in [-0.25, -0.2) is 4.98 Å². The zero-order chi connectivity index (χ0) is 28.9. The van der Waals surface area contributed by atoms with Crippen molar-refractivity contribution in [2.45, 2.75) is 45.6 Å². The first kappa shape index (κ1) is 28.3. The van der Waals surface area contributed by atoms with Gasteiger partial charge in [0.1, 0.15) is 11.6 Å². The fourth-order valence-corrected chi connectivity index (χ4v) is 5.60. The number of benzene rings is 2. The first-order valence-corrected chi connectivity index (χ1v) is 14.3. The van der Waals surface area contributed by atoms with E-state index in [1.54, 1.807) is 31.8 Å². The predicted octanol–water partition coefficient (Wildman–Crippen LogP) is 6.21. The Morgan fingerprint density at radius 1 is 1.02 bits per heavy atom. The quantitative estimate of drug-likeness (QED) is 0.238. The van der Waals surface area contributed by atoms with Gasteiger partial charge in [0, 0.05) is 66.3 Å². The SMILES string of the molecule is C=Cc1cnc(Nc2cc(CC)c(N3CCC(N(C)C)CC3)cc2OC)nc1Nc1ccc2nccnc2c1CC. The lowest BCUT2D eigenvalue weighted by molar-refractivity contribution is 0.249. The Bertz CT molecular complexity index is 1530. The van der Waals surface area contributed by atoms with Crippen LogP contribution in [0.3, 0.4) is 0 Å². The number of aryl methyl sites for hydroxylation is 2. The first-order valence-electron chi connectivity index (χ1n) is 14.3. The summed E-state index contributed by atoms with van der Waals surface area (Å²) in [5, 5.41) is 6.92. The van der Waals surface area contributed by atoms with Crippen LogP contribution in [-0.2, 0) is 12.8 Å². The molecule has 0 spiro atoms. The highest BCUT2D eigenvalue weighted by atomic mass is 16.5. The van der Waals surface area contributed by atoms with Gasteiger partial charge in [0.15, 0.2) is 0 Å². The lowest BCUT2D eigenvalue weighted by Crippen LogP contribution is -2.42. The number of anilines is 5. The lowest BCUT2D eigenvalue weighted by Gasteiger charge is -2.37. The topological polar surface area (TPSA) is 91.3 Å². The number of methoxy groups -OCH3 is 1. The smallest absolute Gasteiger partial charge is 0.229 e. The maximum atomic E-state index is 5.85. The van der Waals surface area contributed by atoms with E-state index in [1.165, 1.54) is 11.3 Å². The molecule has 2 aromatic heterocycles.